The SMILES string of the molecule is CN1CCc2c(sc3nc(SCc4ccc(Cl)c(Cl)c4)n(CCc4ccccc4)c(=O)c23)C1. The van der Waals surface area contributed by atoms with Crippen molar-refractivity contribution in [2.45, 2.75) is 36.8 Å². The average molecular weight is 517 g/mol. The van der Waals surface area contributed by atoms with Gasteiger partial charge < -0.3 is 4.90 Å². The van der Waals surface area contributed by atoms with Gasteiger partial charge in [0.25, 0.3) is 5.56 Å². The van der Waals surface area contributed by atoms with E-state index in [1.807, 2.05) is 41.0 Å². The summed E-state index contributed by atoms with van der Waals surface area (Å²) in [7, 11) is 2.12. The zero-order valence-electron chi connectivity index (χ0n) is 18.2. The van der Waals surface area contributed by atoms with E-state index in [4.69, 9.17) is 28.2 Å². The van der Waals surface area contributed by atoms with Gasteiger partial charge in [0, 0.05) is 30.3 Å². The lowest BCUT2D eigenvalue weighted by molar-refractivity contribution is 0.318. The van der Waals surface area contributed by atoms with Gasteiger partial charge in [-0.05, 0) is 48.7 Å². The van der Waals surface area contributed by atoms with E-state index in [0.29, 0.717) is 22.3 Å². The first-order valence-electron chi connectivity index (χ1n) is 10.8. The highest BCUT2D eigenvalue weighted by molar-refractivity contribution is 7.98. The Bertz CT molecular complexity index is 1370. The van der Waals surface area contributed by atoms with Gasteiger partial charge in [0.2, 0.25) is 0 Å². The molecule has 0 aliphatic carbocycles. The summed E-state index contributed by atoms with van der Waals surface area (Å²) in [5, 5.41) is 2.64. The van der Waals surface area contributed by atoms with E-state index in [0.717, 1.165) is 46.9 Å². The fourth-order valence-electron chi connectivity index (χ4n) is 4.16. The summed E-state index contributed by atoms with van der Waals surface area (Å²) in [5.41, 5.74) is 3.53. The number of hydrogen-bond acceptors (Lipinski definition) is 5. The quantitative estimate of drug-likeness (QED) is 0.223. The maximum atomic E-state index is 13.8. The zero-order chi connectivity index (χ0) is 22.9. The van der Waals surface area contributed by atoms with Crippen LogP contribution < -0.4 is 5.56 Å². The molecule has 1 aliphatic heterocycles. The largest absolute Gasteiger partial charge is 0.301 e. The Labute approximate surface area is 211 Å². The molecule has 4 aromatic rings. The smallest absolute Gasteiger partial charge is 0.263 e. The number of benzene rings is 2. The first-order valence-corrected chi connectivity index (χ1v) is 13.4. The van der Waals surface area contributed by atoms with Gasteiger partial charge in [-0.1, -0.05) is 71.4 Å². The Morgan fingerprint density at radius 3 is 2.70 bits per heavy atom. The normalized spacial score (nSPS) is 14.0. The number of rotatable bonds is 6. The highest BCUT2D eigenvalue weighted by Crippen LogP contribution is 2.34. The number of likely N-dealkylation sites (N-methyl/N-ethyl adjacent to an activating group) is 1. The molecule has 5 rings (SSSR count). The van der Waals surface area contributed by atoms with E-state index in [-0.39, 0.29) is 5.56 Å². The molecule has 0 amide bonds. The molecule has 0 atom stereocenters. The molecule has 8 heteroatoms. The molecule has 0 spiro atoms. The maximum absolute atomic E-state index is 13.8. The van der Waals surface area contributed by atoms with Crippen LogP contribution in [0.1, 0.15) is 21.6 Å². The zero-order valence-corrected chi connectivity index (χ0v) is 21.3. The van der Waals surface area contributed by atoms with E-state index in [1.54, 1.807) is 23.1 Å². The predicted octanol–water partition coefficient (Wildman–Crippen LogP) is 6.29. The van der Waals surface area contributed by atoms with E-state index in [9.17, 15) is 4.79 Å². The van der Waals surface area contributed by atoms with Crippen molar-refractivity contribution >= 4 is 56.5 Å². The van der Waals surface area contributed by atoms with Crippen molar-refractivity contribution in [3.05, 3.63) is 90.5 Å². The van der Waals surface area contributed by atoms with Gasteiger partial charge in [0.1, 0.15) is 4.83 Å². The summed E-state index contributed by atoms with van der Waals surface area (Å²) in [6, 6.07) is 15.9. The molecule has 3 heterocycles. The molecule has 0 saturated carbocycles. The number of thioether (sulfide) groups is 1. The van der Waals surface area contributed by atoms with Crippen molar-refractivity contribution in [2.75, 3.05) is 13.6 Å². The number of fused-ring (bicyclic) bond motifs is 3. The molecule has 0 unspecified atom stereocenters. The minimum Gasteiger partial charge on any atom is -0.301 e. The van der Waals surface area contributed by atoms with Crippen LogP contribution in [0.3, 0.4) is 0 Å². The van der Waals surface area contributed by atoms with Gasteiger partial charge in [-0.15, -0.1) is 11.3 Å². The van der Waals surface area contributed by atoms with Gasteiger partial charge in [0.15, 0.2) is 5.16 Å². The van der Waals surface area contributed by atoms with Crippen LogP contribution in [0.25, 0.3) is 10.2 Å². The Balaban J connectivity index is 1.53. The summed E-state index contributed by atoms with van der Waals surface area (Å²) in [6.07, 6.45) is 1.68. The van der Waals surface area contributed by atoms with Crippen LogP contribution in [-0.2, 0) is 31.7 Å². The van der Waals surface area contributed by atoms with Gasteiger partial charge in [-0.2, -0.15) is 0 Å². The number of thiophene rings is 1. The second-order valence-electron chi connectivity index (χ2n) is 8.30. The fraction of sp³-hybridized carbons (Fsp3) is 0.280. The second kappa shape index (κ2) is 9.80. The Hall–Kier alpha value is -1.83. The highest BCUT2D eigenvalue weighted by atomic mass is 35.5. The monoisotopic (exact) mass is 515 g/mol. The predicted molar refractivity (Wildman–Crippen MR) is 140 cm³/mol. The van der Waals surface area contributed by atoms with Crippen molar-refractivity contribution in [1.82, 2.24) is 14.5 Å². The van der Waals surface area contributed by atoms with Gasteiger partial charge in [0.05, 0.1) is 15.4 Å². The van der Waals surface area contributed by atoms with E-state index in [1.165, 1.54) is 16.0 Å². The van der Waals surface area contributed by atoms with Crippen LogP contribution in [0.15, 0.2) is 58.5 Å². The molecule has 2 aromatic carbocycles. The third kappa shape index (κ3) is 4.86. The topological polar surface area (TPSA) is 38.1 Å². The lowest BCUT2D eigenvalue weighted by Gasteiger charge is -2.21. The third-order valence-electron chi connectivity index (χ3n) is 5.94. The number of hydrogen-bond donors (Lipinski definition) is 0. The molecule has 4 nitrogen and oxygen atoms in total. The van der Waals surface area contributed by atoms with Crippen LogP contribution in [0.4, 0.5) is 0 Å². The molecule has 0 saturated heterocycles. The summed E-state index contributed by atoms with van der Waals surface area (Å²) in [6.45, 7) is 2.45. The van der Waals surface area contributed by atoms with Crippen LogP contribution in [0, 0.1) is 0 Å². The number of nitrogens with zero attached hydrogens (tertiary/aromatic N) is 3. The summed E-state index contributed by atoms with van der Waals surface area (Å²) < 4.78 is 1.86. The molecule has 1 aliphatic rings. The number of aryl methyl sites for hydroxylation is 1. The van der Waals surface area contributed by atoms with Gasteiger partial charge in [-0.25, -0.2) is 4.98 Å². The summed E-state index contributed by atoms with van der Waals surface area (Å²) in [4.78, 5) is 23.2. The van der Waals surface area contributed by atoms with E-state index < -0.39 is 0 Å². The first kappa shape index (κ1) is 22.9. The molecule has 33 heavy (non-hydrogen) atoms. The van der Waals surface area contributed by atoms with Crippen molar-refractivity contribution in [3.63, 3.8) is 0 Å². The minimum absolute atomic E-state index is 0.0784. The standard InChI is InChI=1S/C25H23Cl2N3OS2/c1-29-11-10-18-21(14-29)33-23-22(18)24(31)30(12-9-16-5-3-2-4-6-16)25(28-23)32-15-17-7-8-19(26)20(27)13-17/h2-8,13H,9-12,14-15H2,1H3. The van der Waals surface area contributed by atoms with Crippen LogP contribution >= 0.6 is 46.3 Å². The maximum Gasteiger partial charge on any atom is 0.263 e. The summed E-state index contributed by atoms with van der Waals surface area (Å²) >= 11 is 15.5. The fourth-order valence-corrected chi connectivity index (χ4v) is 6.79. The number of halogens is 2. The Morgan fingerprint density at radius 1 is 1.09 bits per heavy atom. The minimum atomic E-state index is 0.0784. The van der Waals surface area contributed by atoms with Crippen LogP contribution in [0.2, 0.25) is 10.0 Å². The third-order valence-corrected chi connectivity index (χ3v) is 8.83. The van der Waals surface area contributed by atoms with Crippen LogP contribution in [0.5, 0.6) is 0 Å². The molecule has 170 valence electrons. The van der Waals surface area contributed by atoms with Crippen molar-refractivity contribution in [2.24, 2.45) is 0 Å². The van der Waals surface area contributed by atoms with E-state index in [2.05, 4.69) is 24.1 Å². The molecular weight excluding hydrogens is 493 g/mol. The van der Waals surface area contributed by atoms with Gasteiger partial charge in [-0.3, -0.25) is 9.36 Å². The first-order chi connectivity index (χ1) is 16.0. The average Bonchev–Trinajstić information content (AvgIpc) is 3.17. The Morgan fingerprint density at radius 2 is 1.91 bits per heavy atom. The molecule has 0 bridgehead atoms. The second-order valence-corrected chi connectivity index (χ2v) is 11.1. The highest BCUT2D eigenvalue weighted by Gasteiger charge is 2.24. The molecule has 0 fully saturated rings. The number of aromatic nitrogens is 2. The molecule has 0 N–H and O–H groups in total. The van der Waals surface area contributed by atoms with Crippen molar-refractivity contribution in [3.8, 4) is 0 Å². The van der Waals surface area contributed by atoms with Crippen LogP contribution in [-0.4, -0.2) is 28.0 Å². The summed E-state index contributed by atoms with van der Waals surface area (Å²) in [5.74, 6) is 0.661. The Kier molecular flexibility index (Phi) is 6.81. The molecular formula is C25H23Cl2N3OS2. The van der Waals surface area contributed by atoms with Gasteiger partial charge >= 0.3 is 0 Å². The lowest BCUT2D eigenvalue weighted by Crippen LogP contribution is -2.28. The van der Waals surface area contributed by atoms with Crippen molar-refractivity contribution < 1.29 is 0 Å². The van der Waals surface area contributed by atoms with E-state index >= 15 is 0 Å². The molecule has 0 radical (unpaired) electrons. The molecule has 2 aromatic heterocycles. The van der Waals surface area contributed by atoms with Crippen molar-refractivity contribution in [1.29, 1.82) is 0 Å². The lowest BCUT2D eigenvalue weighted by atomic mass is 10.1.